The standard InChI is InChI=1S/C5H6N4S/c6-3-1-2-4(8-3)9-5(7)10-2/h1,8H,6H2,(H2,7,9). The molecule has 52 valence electrons. The third-order valence-corrected chi connectivity index (χ3v) is 2.05. The van der Waals surface area contributed by atoms with Crippen molar-refractivity contribution in [2.45, 2.75) is 0 Å². The summed E-state index contributed by atoms with van der Waals surface area (Å²) in [5, 5.41) is 0.571. The van der Waals surface area contributed by atoms with Crippen LogP contribution < -0.4 is 11.5 Å². The van der Waals surface area contributed by atoms with Gasteiger partial charge in [0.25, 0.3) is 0 Å². The molecule has 5 N–H and O–H groups in total. The van der Waals surface area contributed by atoms with Crippen LogP contribution in [0.1, 0.15) is 0 Å². The predicted octanol–water partition coefficient (Wildman–Crippen LogP) is 0.789. The summed E-state index contributed by atoms with van der Waals surface area (Å²) >= 11 is 1.43. The summed E-state index contributed by atoms with van der Waals surface area (Å²) in [6, 6.07) is 1.82. The molecule has 4 nitrogen and oxygen atoms in total. The molecule has 0 fully saturated rings. The molecule has 0 atom stereocenters. The molecule has 2 heterocycles. The van der Waals surface area contributed by atoms with Gasteiger partial charge in [-0.15, -0.1) is 0 Å². The highest BCUT2D eigenvalue weighted by atomic mass is 32.1. The van der Waals surface area contributed by atoms with Gasteiger partial charge in [-0.3, -0.25) is 0 Å². The van der Waals surface area contributed by atoms with Crippen LogP contribution in [0.3, 0.4) is 0 Å². The minimum Gasteiger partial charge on any atom is -0.385 e. The molecule has 0 aromatic carbocycles. The SMILES string of the molecule is Nc1cc2sc(N)nc2[nH]1. The molecule has 0 amide bonds. The number of fused-ring (bicyclic) bond motifs is 1. The normalized spacial score (nSPS) is 10.8. The van der Waals surface area contributed by atoms with Gasteiger partial charge in [-0.2, -0.15) is 0 Å². The molecular weight excluding hydrogens is 148 g/mol. The Kier molecular flexibility index (Phi) is 0.906. The first-order chi connectivity index (χ1) is 4.75. The van der Waals surface area contributed by atoms with Crippen molar-refractivity contribution < 1.29 is 0 Å². The lowest BCUT2D eigenvalue weighted by Crippen LogP contribution is -1.83. The first kappa shape index (κ1) is 5.55. The fourth-order valence-corrected chi connectivity index (χ4v) is 1.59. The summed E-state index contributed by atoms with van der Waals surface area (Å²) in [6.07, 6.45) is 0. The van der Waals surface area contributed by atoms with E-state index in [1.807, 2.05) is 6.07 Å². The summed E-state index contributed by atoms with van der Waals surface area (Å²) in [5.41, 5.74) is 11.7. The van der Waals surface area contributed by atoms with Crippen LogP contribution in [0.4, 0.5) is 10.9 Å². The van der Waals surface area contributed by atoms with Crippen molar-refractivity contribution in [2.24, 2.45) is 0 Å². The summed E-state index contributed by atoms with van der Waals surface area (Å²) in [6.45, 7) is 0. The van der Waals surface area contributed by atoms with Crippen molar-refractivity contribution in [1.29, 1.82) is 0 Å². The van der Waals surface area contributed by atoms with Gasteiger partial charge in [-0.05, 0) is 6.07 Å². The van der Waals surface area contributed by atoms with E-state index in [9.17, 15) is 0 Å². The lowest BCUT2D eigenvalue weighted by molar-refractivity contribution is 1.37. The fourth-order valence-electron chi connectivity index (χ4n) is 0.851. The molecule has 2 rings (SSSR count). The van der Waals surface area contributed by atoms with Crippen molar-refractivity contribution in [1.82, 2.24) is 9.97 Å². The van der Waals surface area contributed by atoms with Gasteiger partial charge < -0.3 is 16.5 Å². The van der Waals surface area contributed by atoms with Crippen LogP contribution >= 0.6 is 11.3 Å². The number of hydrogen-bond donors (Lipinski definition) is 3. The smallest absolute Gasteiger partial charge is 0.182 e. The molecule has 0 bridgehead atoms. The van der Waals surface area contributed by atoms with Crippen LogP contribution in [-0.4, -0.2) is 9.97 Å². The molecule has 2 aromatic rings. The Labute approximate surface area is 60.9 Å². The fraction of sp³-hybridized carbons (Fsp3) is 0. The number of nitrogens with zero attached hydrogens (tertiary/aromatic N) is 1. The highest BCUT2D eigenvalue weighted by molar-refractivity contribution is 7.22. The minimum absolute atomic E-state index is 0.571. The molecular formula is C5H6N4S. The largest absolute Gasteiger partial charge is 0.385 e. The minimum atomic E-state index is 0.571. The predicted molar refractivity (Wildman–Crippen MR) is 42.8 cm³/mol. The maximum atomic E-state index is 5.46. The highest BCUT2D eigenvalue weighted by Crippen LogP contribution is 2.24. The van der Waals surface area contributed by atoms with Gasteiger partial charge in [-0.25, -0.2) is 4.98 Å². The summed E-state index contributed by atoms with van der Waals surface area (Å²) < 4.78 is 1.01. The Morgan fingerprint density at radius 2 is 2.30 bits per heavy atom. The van der Waals surface area contributed by atoms with Crippen LogP contribution in [0, 0.1) is 0 Å². The van der Waals surface area contributed by atoms with Gasteiger partial charge in [-0.1, -0.05) is 11.3 Å². The van der Waals surface area contributed by atoms with E-state index in [2.05, 4.69) is 9.97 Å². The number of anilines is 2. The number of aromatic amines is 1. The third-order valence-electron chi connectivity index (χ3n) is 1.22. The summed E-state index contributed by atoms with van der Waals surface area (Å²) in [4.78, 5) is 6.87. The second-order valence-corrected chi connectivity index (χ2v) is 3.05. The van der Waals surface area contributed by atoms with E-state index in [1.54, 1.807) is 0 Å². The second kappa shape index (κ2) is 1.63. The van der Waals surface area contributed by atoms with Crippen LogP contribution in [0.25, 0.3) is 10.3 Å². The average Bonchev–Trinajstić information content (AvgIpc) is 2.21. The van der Waals surface area contributed by atoms with Crippen molar-refractivity contribution in [2.75, 3.05) is 11.5 Å². The number of rotatable bonds is 0. The van der Waals surface area contributed by atoms with Crippen molar-refractivity contribution >= 4 is 32.6 Å². The van der Waals surface area contributed by atoms with E-state index in [4.69, 9.17) is 11.5 Å². The Morgan fingerprint density at radius 3 is 3.00 bits per heavy atom. The Balaban J connectivity index is 2.83. The number of H-pyrrole nitrogens is 1. The van der Waals surface area contributed by atoms with E-state index in [-0.39, 0.29) is 0 Å². The maximum absolute atomic E-state index is 5.46. The molecule has 0 radical (unpaired) electrons. The van der Waals surface area contributed by atoms with Gasteiger partial charge in [0, 0.05) is 0 Å². The molecule has 0 saturated carbocycles. The molecule has 0 spiro atoms. The van der Waals surface area contributed by atoms with E-state index in [1.165, 1.54) is 11.3 Å². The highest BCUT2D eigenvalue weighted by Gasteiger charge is 2.01. The van der Waals surface area contributed by atoms with E-state index in [0.717, 1.165) is 10.3 Å². The number of nitrogens with two attached hydrogens (primary N) is 2. The van der Waals surface area contributed by atoms with Gasteiger partial charge in [0.2, 0.25) is 0 Å². The monoisotopic (exact) mass is 154 g/mol. The maximum Gasteiger partial charge on any atom is 0.182 e. The second-order valence-electron chi connectivity index (χ2n) is 1.99. The Morgan fingerprint density at radius 1 is 1.50 bits per heavy atom. The van der Waals surface area contributed by atoms with Crippen LogP contribution in [0.2, 0.25) is 0 Å². The number of nitrogens with one attached hydrogen (secondary N) is 1. The number of thiazole rings is 1. The van der Waals surface area contributed by atoms with Crippen molar-refractivity contribution in [3.63, 3.8) is 0 Å². The number of hydrogen-bond acceptors (Lipinski definition) is 4. The molecule has 0 saturated heterocycles. The van der Waals surface area contributed by atoms with Crippen molar-refractivity contribution in [3.05, 3.63) is 6.07 Å². The lowest BCUT2D eigenvalue weighted by Gasteiger charge is -1.78. The van der Waals surface area contributed by atoms with Crippen LogP contribution in [-0.2, 0) is 0 Å². The molecule has 0 aliphatic rings. The quantitative estimate of drug-likeness (QED) is 0.524. The van der Waals surface area contributed by atoms with Gasteiger partial charge >= 0.3 is 0 Å². The third kappa shape index (κ3) is 0.640. The van der Waals surface area contributed by atoms with Crippen LogP contribution in [0.15, 0.2) is 6.07 Å². The summed E-state index contributed by atoms with van der Waals surface area (Å²) in [5.74, 6) is 0.633. The number of nitrogen functional groups attached to an aromatic ring is 2. The van der Waals surface area contributed by atoms with Crippen molar-refractivity contribution in [3.8, 4) is 0 Å². The zero-order chi connectivity index (χ0) is 7.14. The lowest BCUT2D eigenvalue weighted by atomic mass is 10.6. The van der Waals surface area contributed by atoms with E-state index < -0.39 is 0 Å². The molecule has 0 aliphatic carbocycles. The van der Waals surface area contributed by atoms with Crippen LogP contribution in [0.5, 0.6) is 0 Å². The first-order valence-corrected chi connectivity index (χ1v) is 3.58. The van der Waals surface area contributed by atoms with Gasteiger partial charge in [0.05, 0.1) is 4.70 Å². The Hall–Kier alpha value is -1.23. The molecule has 10 heavy (non-hydrogen) atoms. The zero-order valence-electron chi connectivity index (χ0n) is 5.09. The molecule has 0 unspecified atom stereocenters. The molecule has 5 heteroatoms. The Bertz CT molecular complexity index is 297. The van der Waals surface area contributed by atoms with Gasteiger partial charge in [0.15, 0.2) is 10.8 Å². The topological polar surface area (TPSA) is 80.7 Å². The van der Waals surface area contributed by atoms with E-state index in [0.29, 0.717) is 10.9 Å². The number of aromatic nitrogens is 2. The summed E-state index contributed by atoms with van der Waals surface area (Å²) in [7, 11) is 0. The first-order valence-electron chi connectivity index (χ1n) is 2.76. The van der Waals surface area contributed by atoms with Gasteiger partial charge in [0.1, 0.15) is 5.82 Å². The average molecular weight is 154 g/mol. The van der Waals surface area contributed by atoms with E-state index >= 15 is 0 Å². The molecule has 2 aromatic heterocycles. The molecule has 0 aliphatic heterocycles. The zero-order valence-corrected chi connectivity index (χ0v) is 5.90.